The summed E-state index contributed by atoms with van der Waals surface area (Å²) in [6.07, 6.45) is 3.39. The molecule has 1 aliphatic carbocycles. The number of carbonyl (C=O) groups excluding carboxylic acids is 1. The summed E-state index contributed by atoms with van der Waals surface area (Å²) in [6.45, 7) is 6.24. The summed E-state index contributed by atoms with van der Waals surface area (Å²) in [6, 6.07) is 2.26. The molecule has 1 aromatic rings. The quantitative estimate of drug-likeness (QED) is 0.580. The molecule has 3 N–H and O–H groups in total. The van der Waals surface area contributed by atoms with E-state index in [1.54, 1.807) is 11.3 Å². The van der Waals surface area contributed by atoms with Crippen LogP contribution in [0.5, 0.6) is 0 Å². The maximum Gasteiger partial charge on any atom is 0.279 e. The number of nitrogens with one attached hydrogen (secondary N) is 3. The van der Waals surface area contributed by atoms with Gasteiger partial charge in [-0.25, -0.2) is 0 Å². The fourth-order valence-corrected chi connectivity index (χ4v) is 3.68. The Morgan fingerprint density at radius 1 is 1.45 bits per heavy atom. The maximum absolute atomic E-state index is 12.1. The average molecular weight is 311 g/mol. The Balaban J connectivity index is 1.92. The van der Waals surface area contributed by atoms with Gasteiger partial charge in [0.05, 0.1) is 4.88 Å². The minimum atomic E-state index is -0.120. The van der Waals surface area contributed by atoms with E-state index in [-0.39, 0.29) is 11.9 Å². The standard InChI is InChI=1S/C14H21N3OS2/c1-8(2)15-14(19)17-16-13(18)12-7-10-6-9(3)4-5-11(10)20-12/h7-9H,4-6H2,1-3H3,(H,16,18)(H2,15,17,19). The summed E-state index contributed by atoms with van der Waals surface area (Å²) in [7, 11) is 0. The van der Waals surface area contributed by atoms with E-state index in [9.17, 15) is 4.79 Å². The number of fused-ring (bicyclic) bond motifs is 1. The molecule has 0 radical (unpaired) electrons. The summed E-state index contributed by atoms with van der Waals surface area (Å²) in [5.41, 5.74) is 6.71. The molecule has 0 saturated heterocycles. The molecule has 1 heterocycles. The molecule has 20 heavy (non-hydrogen) atoms. The molecule has 2 rings (SSSR count). The van der Waals surface area contributed by atoms with Crippen molar-refractivity contribution in [3.63, 3.8) is 0 Å². The average Bonchev–Trinajstić information content (AvgIpc) is 2.78. The number of thiocarbonyl (C=S) groups is 1. The number of rotatable bonds is 2. The van der Waals surface area contributed by atoms with Gasteiger partial charge in [0.2, 0.25) is 0 Å². The van der Waals surface area contributed by atoms with Crippen molar-refractivity contribution in [2.45, 2.75) is 46.1 Å². The zero-order valence-corrected chi connectivity index (χ0v) is 13.7. The fourth-order valence-electron chi connectivity index (χ4n) is 2.29. The first-order valence-electron chi connectivity index (χ1n) is 6.94. The van der Waals surface area contributed by atoms with Gasteiger partial charge >= 0.3 is 0 Å². The van der Waals surface area contributed by atoms with Gasteiger partial charge in [-0.15, -0.1) is 11.3 Å². The SMILES string of the molecule is CC1CCc2sc(C(=O)NNC(=S)NC(C)C)cc2C1. The van der Waals surface area contributed by atoms with Crippen LogP contribution < -0.4 is 16.2 Å². The van der Waals surface area contributed by atoms with Crippen LogP contribution in [0.4, 0.5) is 0 Å². The van der Waals surface area contributed by atoms with Crippen molar-refractivity contribution in [2.75, 3.05) is 0 Å². The predicted octanol–water partition coefficient (Wildman–Crippen LogP) is 2.39. The van der Waals surface area contributed by atoms with Gasteiger partial charge < -0.3 is 5.32 Å². The van der Waals surface area contributed by atoms with Gasteiger partial charge in [0, 0.05) is 10.9 Å². The molecular weight excluding hydrogens is 290 g/mol. The largest absolute Gasteiger partial charge is 0.359 e. The summed E-state index contributed by atoms with van der Waals surface area (Å²) in [5.74, 6) is 0.596. The zero-order valence-electron chi connectivity index (χ0n) is 12.1. The van der Waals surface area contributed by atoms with Gasteiger partial charge in [-0.3, -0.25) is 15.6 Å². The van der Waals surface area contributed by atoms with E-state index < -0.39 is 0 Å². The van der Waals surface area contributed by atoms with Crippen LogP contribution in [0.1, 0.15) is 47.3 Å². The van der Waals surface area contributed by atoms with E-state index in [1.807, 2.05) is 19.9 Å². The summed E-state index contributed by atoms with van der Waals surface area (Å²) in [5, 5.41) is 3.45. The normalized spacial score (nSPS) is 17.5. The number of amides is 1. The third-order valence-electron chi connectivity index (χ3n) is 3.26. The van der Waals surface area contributed by atoms with Gasteiger partial charge in [-0.1, -0.05) is 6.92 Å². The summed E-state index contributed by atoms with van der Waals surface area (Å²) >= 11 is 6.66. The van der Waals surface area contributed by atoms with Crippen LogP contribution in [-0.4, -0.2) is 17.1 Å². The lowest BCUT2D eigenvalue weighted by atomic mass is 9.90. The Morgan fingerprint density at radius 2 is 2.20 bits per heavy atom. The molecule has 1 atom stereocenters. The topological polar surface area (TPSA) is 53.2 Å². The van der Waals surface area contributed by atoms with Crippen molar-refractivity contribution in [1.29, 1.82) is 0 Å². The van der Waals surface area contributed by atoms with Crippen molar-refractivity contribution < 1.29 is 4.79 Å². The molecule has 1 amide bonds. The lowest BCUT2D eigenvalue weighted by molar-refractivity contribution is 0.0947. The van der Waals surface area contributed by atoms with E-state index in [2.05, 4.69) is 23.1 Å². The first-order valence-corrected chi connectivity index (χ1v) is 8.16. The monoisotopic (exact) mass is 311 g/mol. The molecule has 0 saturated carbocycles. The van der Waals surface area contributed by atoms with E-state index >= 15 is 0 Å². The molecular formula is C14H21N3OS2. The highest BCUT2D eigenvalue weighted by Crippen LogP contribution is 2.31. The Kier molecular flexibility index (Phi) is 4.99. The van der Waals surface area contributed by atoms with Crippen LogP contribution in [0.3, 0.4) is 0 Å². The van der Waals surface area contributed by atoms with E-state index in [0.717, 1.165) is 17.7 Å². The molecule has 110 valence electrons. The number of hydrogen-bond acceptors (Lipinski definition) is 3. The number of hydrazine groups is 1. The number of carbonyl (C=O) groups is 1. The van der Waals surface area contributed by atoms with Gasteiger partial charge in [-0.05, 0) is 62.9 Å². The first-order chi connectivity index (χ1) is 9.45. The van der Waals surface area contributed by atoms with Gasteiger partial charge in [0.1, 0.15) is 0 Å². The number of hydrogen-bond donors (Lipinski definition) is 3. The van der Waals surface area contributed by atoms with Crippen LogP contribution >= 0.6 is 23.6 Å². The first kappa shape index (κ1) is 15.3. The highest BCUT2D eigenvalue weighted by molar-refractivity contribution is 7.80. The fraction of sp³-hybridized carbons (Fsp3) is 0.571. The highest BCUT2D eigenvalue weighted by atomic mass is 32.1. The van der Waals surface area contributed by atoms with E-state index in [1.165, 1.54) is 16.9 Å². The number of thiophene rings is 1. The molecule has 0 fully saturated rings. The second-order valence-electron chi connectivity index (χ2n) is 5.61. The second kappa shape index (κ2) is 6.54. The molecule has 1 aromatic heterocycles. The van der Waals surface area contributed by atoms with Gasteiger partial charge in [-0.2, -0.15) is 0 Å². The van der Waals surface area contributed by atoms with Crippen LogP contribution in [0, 0.1) is 5.92 Å². The Bertz CT molecular complexity index is 511. The Labute approximate surface area is 129 Å². The minimum absolute atomic E-state index is 0.120. The maximum atomic E-state index is 12.1. The lowest BCUT2D eigenvalue weighted by Gasteiger charge is -2.16. The molecule has 0 spiro atoms. The van der Waals surface area contributed by atoms with Crippen molar-refractivity contribution in [2.24, 2.45) is 5.92 Å². The molecule has 1 aliphatic rings. The van der Waals surface area contributed by atoms with Crippen LogP contribution in [-0.2, 0) is 12.8 Å². The summed E-state index contributed by atoms with van der Waals surface area (Å²) < 4.78 is 0. The van der Waals surface area contributed by atoms with Crippen molar-refractivity contribution in [3.8, 4) is 0 Å². The lowest BCUT2D eigenvalue weighted by Crippen LogP contribution is -2.48. The summed E-state index contributed by atoms with van der Waals surface area (Å²) in [4.78, 5) is 14.2. The third-order valence-corrected chi connectivity index (χ3v) is 4.72. The van der Waals surface area contributed by atoms with Crippen molar-refractivity contribution in [1.82, 2.24) is 16.2 Å². The molecule has 0 aromatic carbocycles. The highest BCUT2D eigenvalue weighted by Gasteiger charge is 2.20. The zero-order chi connectivity index (χ0) is 14.7. The van der Waals surface area contributed by atoms with Gasteiger partial charge in [0.25, 0.3) is 5.91 Å². The van der Waals surface area contributed by atoms with E-state index in [0.29, 0.717) is 11.0 Å². The Hall–Kier alpha value is -1.14. The minimum Gasteiger partial charge on any atom is -0.359 e. The van der Waals surface area contributed by atoms with Crippen molar-refractivity contribution >= 4 is 34.6 Å². The molecule has 6 heteroatoms. The Morgan fingerprint density at radius 3 is 2.90 bits per heavy atom. The number of aryl methyl sites for hydroxylation is 1. The molecule has 4 nitrogen and oxygen atoms in total. The van der Waals surface area contributed by atoms with Crippen LogP contribution in [0.25, 0.3) is 0 Å². The molecule has 0 bridgehead atoms. The molecule has 1 unspecified atom stereocenters. The van der Waals surface area contributed by atoms with Gasteiger partial charge in [0.15, 0.2) is 5.11 Å². The van der Waals surface area contributed by atoms with E-state index in [4.69, 9.17) is 12.2 Å². The predicted molar refractivity (Wildman–Crippen MR) is 87.0 cm³/mol. The second-order valence-corrected chi connectivity index (χ2v) is 7.16. The van der Waals surface area contributed by atoms with Crippen LogP contribution in [0.2, 0.25) is 0 Å². The third kappa shape index (κ3) is 3.93. The van der Waals surface area contributed by atoms with Crippen LogP contribution in [0.15, 0.2) is 6.07 Å². The smallest absolute Gasteiger partial charge is 0.279 e. The molecule has 0 aliphatic heterocycles. The van der Waals surface area contributed by atoms with Crippen molar-refractivity contribution in [3.05, 3.63) is 21.4 Å².